The number of para-hydroxylation sites is 1. The van der Waals surface area contributed by atoms with Crippen LogP contribution in [0.2, 0.25) is 0 Å². The molecule has 0 radical (unpaired) electrons. The first kappa shape index (κ1) is 19.0. The van der Waals surface area contributed by atoms with Crippen molar-refractivity contribution >= 4 is 16.7 Å². The average molecular weight is 415 g/mol. The monoisotopic (exact) mass is 415 g/mol. The average Bonchev–Trinajstić information content (AvgIpc) is 3.31. The number of imidazole rings is 1. The van der Waals surface area contributed by atoms with Gasteiger partial charge in [0, 0.05) is 12.0 Å². The number of aromatic nitrogens is 2. The Balaban J connectivity index is 1.45. The molecule has 5 nitrogen and oxygen atoms in total. The summed E-state index contributed by atoms with van der Waals surface area (Å²) in [6.07, 6.45) is 1.49. The summed E-state index contributed by atoms with van der Waals surface area (Å²) in [6.45, 7) is 0. The zero-order chi connectivity index (χ0) is 20.8. The van der Waals surface area contributed by atoms with E-state index in [-0.39, 0.29) is 11.4 Å². The number of rotatable bonds is 3. The van der Waals surface area contributed by atoms with Crippen molar-refractivity contribution in [2.75, 3.05) is 0 Å². The zero-order valence-electron chi connectivity index (χ0n) is 16.1. The van der Waals surface area contributed by atoms with Gasteiger partial charge in [0.15, 0.2) is 5.82 Å². The van der Waals surface area contributed by atoms with Crippen LogP contribution in [-0.4, -0.2) is 27.6 Å². The normalized spacial score (nSPS) is 18.4. The minimum atomic E-state index is -4.75. The summed E-state index contributed by atoms with van der Waals surface area (Å²) in [7, 11) is 0. The predicted molar refractivity (Wildman–Crippen MR) is 106 cm³/mol. The fourth-order valence-electron chi connectivity index (χ4n) is 4.34. The molecule has 3 aromatic rings. The van der Waals surface area contributed by atoms with Crippen LogP contribution in [0, 0.1) is 0 Å². The molecular formula is C22H20F3N3O2. The molecule has 2 heterocycles. The fourth-order valence-corrected chi connectivity index (χ4v) is 4.34. The van der Waals surface area contributed by atoms with Gasteiger partial charge < -0.3 is 14.6 Å². The highest BCUT2D eigenvalue weighted by Gasteiger charge is 2.41. The lowest BCUT2D eigenvalue weighted by Crippen LogP contribution is -2.31. The van der Waals surface area contributed by atoms with Crippen LogP contribution >= 0.6 is 0 Å². The SMILES string of the molecule is FC(F)(F)Oc1ccccc1-c1ccc2[nH]c(C3=NOC4(CCCCC4)C3)nc2c1. The number of halogens is 3. The first-order valence-electron chi connectivity index (χ1n) is 10.0. The van der Waals surface area contributed by atoms with Gasteiger partial charge in [-0.25, -0.2) is 4.98 Å². The molecule has 0 unspecified atom stereocenters. The molecule has 0 saturated heterocycles. The molecule has 0 atom stereocenters. The van der Waals surface area contributed by atoms with Crippen LogP contribution in [-0.2, 0) is 4.84 Å². The third kappa shape index (κ3) is 3.62. The molecule has 1 aliphatic carbocycles. The Labute approximate surface area is 170 Å². The number of benzene rings is 2. The van der Waals surface area contributed by atoms with E-state index >= 15 is 0 Å². The molecule has 0 bridgehead atoms. The van der Waals surface area contributed by atoms with E-state index in [1.807, 2.05) is 0 Å². The minimum absolute atomic E-state index is 0.203. The number of aromatic amines is 1. The second kappa shape index (κ2) is 7.04. The Hall–Kier alpha value is -3.03. The van der Waals surface area contributed by atoms with Crippen LogP contribution in [0.25, 0.3) is 22.2 Å². The molecular weight excluding hydrogens is 395 g/mol. The van der Waals surface area contributed by atoms with Crippen molar-refractivity contribution in [2.24, 2.45) is 5.16 Å². The van der Waals surface area contributed by atoms with E-state index in [4.69, 9.17) is 4.84 Å². The van der Waals surface area contributed by atoms with Gasteiger partial charge in [-0.05, 0) is 49.4 Å². The second-order valence-corrected chi connectivity index (χ2v) is 7.91. The summed E-state index contributed by atoms with van der Waals surface area (Å²) in [5.74, 6) is 0.400. The summed E-state index contributed by atoms with van der Waals surface area (Å²) in [6, 6.07) is 11.4. The zero-order valence-corrected chi connectivity index (χ0v) is 16.1. The number of H-pyrrole nitrogens is 1. The van der Waals surface area contributed by atoms with Crippen LogP contribution in [0.1, 0.15) is 44.3 Å². The molecule has 1 N–H and O–H groups in total. The van der Waals surface area contributed by atoms with E-state index in [1.165, 1.54) is 18.6 Å². The molecule has 0 amide bonds. The van der Waals surface area contributed by atoms with E-state index in [2.05, 4.69) is 19.9 Å². The highest BCUT2D eigenvalue weighted by atomic mass is 19.4. The molecule has 30 heavy (non-hydrogen) atoms. The topological polar surface area (TPSA) is 59.5 Å². The van der Waals surface area contributed by atoms with Gasteiger partial charge in [0.1, 0.15) is 17.1 Å². The Bertz CT molecular complexity index is 1110. The standard InChI is InChI=1S/C22H20F3N3O2/c23-22(24,25)29-19-7-3-2-6-15(19)14-8-9-16-17(12-14)27-20(26-16)18-13-21(30-28-18)10-4-1-5-11-21/h2-3,6-9,12H,1,4-5,10-11,13H2,(H,26,27). The van der Waals surface area contributed by atoms with Gasteiger partial charge in [-0.3, -0.25) is 0 Å². The Morgan fingerprint density at radius 3 is 2.63 bits per heavy atom. The van der Waals surface area contributed by atoms with Crippen molar-refractivity contribution in [3.63, 3.8) is 0 Å². The lowest BCUT2D eigenvalue weighted by molar-refractivity contribution is -0.274. The maximum absolute atomic E-state index is 12.8. The van der Waals surface area contributed by atoms with Crippen LogP contribution in [0.4, 0.5) is 13.2 Å². The number of ether oxygens (including phenoxy) is 1. The molecule has 1 saturated carbocycles. The number of nitrogens with zero attached hydrogens (tertiary/aromatic N) is 2. The van der Waals surface area contributed by atoms with Crippen molar-refractivity contribution in [2.45, 2.75) is 50.5 Å². The Kier molecular flexibility index (Phi) is 4.45. The lowest BCUT2D eigenvalue weighted by Gasteiger charge is -2.30. The molecule has 1 spiro atoms. The number of alkyl halides is 3. The molecule has 156 valence electrons. The predicted octanol–water partition coefficient (Wildman–Crippen LogP) is 5.96. The van der Waals surface area contributed by atoms with Gasteiger partial charge in [0.05, 0.1) is 11.0 Å². The summed E-state index contributed by atoms with van der Waals surface area (Å²) in [5.41, 5.74) is 2.96. The van der Waals surface area contributed by atoms with Crippen molar-refractivity contribution in [1.82, 2.24) is 9.97 Å². The minimum Gasteiger partial charge on any atom is -0.405 e. The number of hydrogen-bond donors (Lipinski definition) is 1. The molecule has 8 heteroatoms. The number of fused-ring (bicyclic) bond motifs is 1. The van der Waals surface area contributed by atoms with Crippen LogP contribution in [0.3, 0.4) is 0 Å². The molecule has 1 aromatic heterocycles. The highest BCUT2D eigenvalue weighted by Crippen LogP contribution is 2.39. The van der Waals surface area contributed by atoms with E-state index in [9.17, 15) is 13.2 Å². The Morgan fingerprint density at radius 2 is 1.83 bits per heavy atom. The van der Waals surface area contributed by atoms with E-state index in [0.29, 0.717) is 22.5 Å². The number of oxime groups is 1. The van der Waals surface area contributed by atoms with Crippen LogP contribution in [0.15, 0.2) is 47.6 Å². The molecule has 1 aliphatic heterocycles. The van der Waals surface area contributed by atoms with Crippen LogP contribution in [0.5, 0.6) is 5.75 Å². The van der Waals surface area contributed by atoms with Crippen molar-refractivity contribution in [3.05, 3.63) is 48.3 Å². The summed E-state index contributed by atoms with van der Waals surface area (Å²) < 4.78 is 42.4. The van der Waals surface area contributed by atoms with Crippen molar-refractivity contribution in [1.29, 1.82) is 0 Å². The smallest absolute Gasteiger partial charge is 0.405 e. The third-order valence-electron chi connectivity index (χ3n) is 5.78. The molecule has 1 fully saturated rings. The van der Waals surface area contributed by atoms with Crippen LogP contribution < -0.4 is 4.74 Å². The molecule has 5 rings (SSSR count). The third-order valence-corrected chi connectivity index (χ3v) is 5.78. The van der Waals surface area contributed by atoms with E-state index in [0.717, 1.165) is 43.3 Å². The summed E-state index contributed by atoms with van der Waals surface area (Å²) in [5, 5.41) is 4.29. The number of hydrogen-bond acceptors (Lipinski definition) is 4. The van der Waals surface area contributed by atoms with E-state index < -0.39 is 6.36 Å². The Morgan fingerprint density at radius 1 is 1.03 bits per heavy atom. The quantitative estimate of drug-likeness (QED) is 0.575. The van der Waals surface area contributed by atoms with Crippen molar-refractivity contribution in [3.8, 4) is 16.9 Å². The van der Waals surface area contributed by atoms with E-state index in [1.54, 1.807) is 30.3 Å². The maximum atomic E-state index is 12.8. The van der Waals surface area contributed by atoms with Gasteiger partial charge in [0.2, 0.25) is 0 Å². The second-order valence-electron chi connectivity index (χ2n) is 7.91. The van der Waals surface area contributed by atoms with Gasteiger partial charge in [-0.15, -0.1) is 13.2 Å². The largest absolute Gasteiger partial charge is 0.573 e. The molecule has 2 aromatic carbocycles. The summed E-state index contributed by atoms with van der Waals surface area (Å²) >= 11 is 0. The lowest BCUT2D eigenvalue weighted by atomic mass is 9.81. The maximum Gasteiger partial charge on any atom is 0.573 e. The first-order valence-corrected chi connectivity index (χ1v) is 10.0. The summed E-state index contributed by atoms with van der Waals surface area (Å²) in [4.78, 5) is 13.7. The highest BCUT2D eigenvalue weighted by molar-refractivity contribution is 6.01. The van der Waals surface area contributed by atoms with Gasteiger partial charge in [-0.1, -0.05) is 35.8 Å². The van der Waals surface area contributed by atoms with Crippen molar-refractivity contribution < 1.29 is 22.7 Å². The van der Waals surface area contributed by atoms with Gasteiger partial charge in [0.25, 0.3) is 0 Å². The van der Waals surface area contributed by atoms with Gasteiger partial charge >= 0.3 is 6.36 Å². The number of nitrogens with one attached hydrogen (secondary N) is 1. The van der Waals surface area contributed by atoms with Gasteiger partial charge in [-0.2, -0.15) is 0 Å². The first-order chi connectivity index (χ1) is 14.4. The molecule has 2 aliphatic rings. The fraction of sp³-hybridized carbons (Fsp3) is 0.364.